The highest BCUT2D eigenvalue weighted by Gasteiger charge is 2.28. The molecule has 5 rings (SSSR count). The maximum atomic E-state index is 13.0. The molecule has 0 spiro atoms. The van der Waals surface area contributed by atoms with Crippen molar-refractivity contribution >= 4 is 22.1 Å². The molecular formula is C32H36N6O5S. The van der Waals surface area contributed by atoms with Crippen LogP contribution in [0.3, 0.4) is 0 Å². The molecule has 230 valence electrons. The van der Waals surface area contributed by atoms with Crippen molar-refractivity contribution in [1.82, 2.24) is 24.6 Å². The number of aromatic nitrogens is 3. The summed E-state index contributed by atoms with van der Waals surface area (Å²) < 4.78 is 40.2. The minimum absolute atomic E-state index is 0.0451. The molecule has 2 N–H and O–H groups in total. The minimum Gasteiger partial charge on any atom is -0.444 e. The van der Waals surface area contributed by atoms with Crippen LogP contribution in [0.25, 0.3) is 11.3 Å². The van der Waals surface area contributed by atoms with Crippen LogP contribution in [0.15, 0.2) is 90.1 Å². The van der Waals surface area contributed by atoms with Crippen molar-refractivity contribution in [2.75, 3.05) is 18.4 Å². The van der Waals surface area contributed by atoms with Crippen molar-refractivity contribution < 1.29 is 22.7 Å². The van der Waals surface area contributed by atoms with Gasteiger partial charge in [0.05, 0.1) is 16.2 Å². The lowest BCUT2D eigenvalue weighted by atomic mass is 10.1. The monoisotopic (exact) mass is 616 g/mol. The molecule has 2 aromatic carbocycles. The van der Waals surface area contributed by atoms with Gasteiger partial charge in [-0.05, 0) is 69.5 Å². The number of hydrogen-bond acceptors (Lipinski definition) is 9. The van der Waals surface area contributed by atoms with E-state index in [9.17, 15) is 13.2 Å². The highest BCUT2D eigenvalue weighted by atomic mass is 32.2. The topological polar surface area (TPSA) is 136 Å². The van der Waals surface area contributed by atoms with Crippen molar-refractivity contribution in [2.24, 2.45) is 0 Å². The van der Waals surface area contributed by atoms with Gasteiger partial charge >= 0.3 is 6.09 Å². The van der Waals surface area contributed by atoms with Crippen LogP contribution in [0.4, 0.5) is 10.7 Å². The first-order chi connectivity index (χ1) is 21.1. The molecule has 12 heteroatoms. The molecular weight excluding hydrogens is 580 g/mol. The highest BCUT2D eigenvalue weighted by Crippen LogP contribution is 2.31. The van der Waals surface area contributed by atoms with E-state index >= 15 is 0 Å². The molecule has 1 saturated heterocycles. The fourth-order valence-corrected chi connectivity index (χ4v) is 5.74. The molecule has 3 heterocycles. The molecule has 1 aliphatic heterocycles. The fourth-order valence-electron chi connectivity index (χ4n) is 4.69. The first kappa shape index (κ1) is 30.9. The van der Waals surface area contributed by atoms with E-state index in [0.29, 0.717) is 36.0 Å². The Labute approximate surface area is 257 Å². The SMILES string of the molecule is CC(C)(C)OC(=O)N1CCC[C@H](Nc2nccc(-c3cccnc3Oc3cccc(S(=O)(=O)NCc4ccccc4)c3)n2)C1. The largest absolute Gasteiger partial charge is 0.444 e. The first-order valence-corrected chi connectivity index (χ1v) is 15.9. The zero-order chi connectivity index (χ0) is 31.2. The molecule has 0 saturated carbocycles. The fraction of sp³-hybridized carbons (Fsp3) is 0.312. The Balaban J connectivity index is 1.29. The molecule has 0 bridgehead atoms. The summed E-state index contributed by atoms with van der Waals surface area (Å²) in [6.07, 6.45) is 4.58. The molecule has 0 unspecified atom stereocenters. The van der Waals surface area contributed by atoms with Crippen LogP contribution < -0.4 is 14.8 Å². The van der Waals surface area contributed by atoms with Gasteiger partial charge in [-0.1, -0.05) is 36.4 Å². The number of piperidine rings is 1. The molecule has 44 heavy (non-hydrogen) atoms. The van der Waals surface area contributed by atoms with Crippen LogP contribution in [-0.4, -0.2) is 59.1 Å². The van der Waals surface area contributed by atoms with E-state index < -0.39 is 15.6 Å². The molecule has 1 amide bonds. The molecule has 1 atom stereocenters. The average molecular weight is 617 g/mol. The number of amides is 1. The summed E-state index contributed by atoms with van der Waals surface area (Å²) in [6.45, 7) is 6.83. The number of carbonyl (C=O) groups excluding carboxylic acids is 1. The Hall–Kier alpha value is -4.55. The van der Waals surface area contributed by atoms with Crippen molar-refractivity contribution in [3.05, 3.63) is 90.8 Å². The number of pyridine rings is 1. The second-order valence-electron chi connectivity index (χ2n) is 11.4. The van der Waals surface area contributed by atoms with E-state index in [-0.39, 0.29) is 29.5 Å². The number of nitrogens with zero attached hydrogens (tertiary/aromatic N) is 4. The van der Waals surface area contributed by atoms with Crippen LogP contribution >= 0.6 is 0 Å². The Morgan fingerprint density at radius 1 is 1.00 bits per heavy atom. The third-order valence-electron chi connectivity index (χ3n) is 6.75. The standard InChI is InChI=1S/C32H36N6O5S/c1-32(2,3)43-31(39)38-19-9-12-24(22-38)36-30-34-18-16-28(37-30)27-15-8-17-33-29(27)42-25-13-7-14-26(20-25)44(40,41)35-21-23-10-5-4-6-11-23/h4-8,10-11,13-18,20,24,35H,9,12,19,21-22H2,1-3H3,(H,34,36,37)/t24-/m0/s1. The normalized spacial score (nSPS) is 15.4. The van der Waals surface area contributed by atoms with Gasteiger partial charge in [-0.3, -0.25) is 0 Å². The van der Waals surface area contributed by atoms with Gasteiger partial charge in [0.25, 0.3) is 0 Å². The number of likely N-dealkylation sites (tertiary alicyclic amines) is 1. The van der Waals surface area contributed by atoms with Crippen LogP contribution in [0, 0.1) is 0 Å². The second-order valence-corrected chi connectivity index (χ2v) is 13.2. The number of rotatable bonds is 9. The van der Waals surface area contributed by atoms with Gasteiger partial charge in [0.1, 0.15) is 11.4 Å². The van der Waals surface area contributed by atoms with Gasteiger partial charge in [-0.25, -0.2) is 32.9 Å². The predicted octanol–water partition coefficient (Wildman–Crippen LogP) is 5.62. The van der Waals surface area contributed by atoms with Gasteiger partial charge in [-0.2, -0.15) is 0 Å². The number of anilines is 1. The lowest BCUT2D eigenvalue weighted by Crippen LogP contribution is -2.47. The summed E-state index contributed by atoms with van der Waals surface area (Å²) in [7, 11) is -3.79. The lowest BCUT2D eigenvalue weighted by Gasteiger charge is -2.34. The highest BCUT2D eigenvalue weighted by molar-refractivity contribution is 7.89. The molecule has 4 aromatic rings. The van der Waals surface area contributed by atoms with Crippen molar-refractivity contribution in [2.45, 2.75) is 56.7 Å². The van der Waals surface area contributed by atoms with Crippen molar-refractivity contribution in [1.29, 1.82) is 0 Å². The average Bonchev–Trinajstić information content (AvgIpc) is 3.00. The smallest absolute Gasteiger partial charge is 0.410 e. The van der Waals surface area contributed by atoms with E-state index in [0.717, 1.165) is 18.4 Å². The zero-order valence-corrected chi connectivity index (χ0v) is 25.8. The van der Waals surface area contributed by atoms with Gasteiger partial charge in [0.15, 0.2) is 0 Å². The van der Waals surface area contributed by atoms with Crippen LogP contribution in [0.1, 0.15) is 39.2 Å². The Kier molecular flexibility index (Phi) is 9.40. The quantitative estimate of drug-likeness (QED) is 0.246. The van der Waals surface area contributed by atoms with Gasteiger partial charge in [0.2, 0.25) is 21.9 Å². The minimum atomic E-state index is -3.79. The molecule has 11 nitrogen and oxygen atoms in total. The van der Waals surface area contributed by atoms with Crippen LogP contribution in [0.5, 0.6) is 11.6 Å². The number of sulfonamides is 1. The van der Waals surface area contributed by atoms with E-state index in [1.807, 2.05) is 57.2 Å². The number of nitrogens with one attached hydrogen (secondary N) is 2. The van der Waals surface area contributed by atoms with E-state index in [2.05, 4.69) is 20.0 Å². The van der Waals surface area contributed by atoms with Crippen LogP contribution in [-0.2, 0) is 21.3 Å². The van der Waals surface area contributed by atoms with E-state index in [1.165, 1.54) is 12.1 Å². The molecule has 0 radical (unpaired) electrons. The van der Waals surface area contributed by atoms with Gasteiger partial charge in [0, 0.05) is 44.1 Å². The number of ether oxygens (including phenoxy) is 2. The molecule has 1 fully saturated rings. The lowest BCUT2D eigenvalue weighted by molar-refractivity contribution is 0.0206. The molecule has 1 aliphatic rings. The van der Waals surface area contributed by atoms with E-state index in [4.69, 9.17) is 14.5 Å². The summed E-state index contributed by atoms with van der Waals surface area (Å²) in [6, 6.07) is 20.8. The summed E-state index contributed by atoms with van der Waals surface area (Å²) in [5, 5.41) is 3.35. The third kappa shape index (κ3) is 8.29. The maximum Gasteiger partial charge on any atom is 0.410 e. The first-order valence-electron chi connectivity index (χ1n) is 14.4. The molecule has 0 aliphatic carbocycles. The van der Waals surface area contributed by atoms with Crippen molar-refractivity contribution in [3.8, 4) is 22.9 Å². The number of hydrogen-bond donors (Lipinski definition) is 2. The van der Waals surface area contributed by atoms with Crippen molar-refractivity contribution in [3.63, 3.8) is 0 Å². The van der Waals surface area contributed by atoms with Crippen LogP contribution in [0.2, 0.25) is 0 Å². The Morgan fingerprint density at radius 3 is 2.61 bits per heavy atom. The van der Waals surface area contributed by atoms with Gasteiger partial charge in [-0.15, -0.1) is 0 Å². The maximum absolute atomic E-state index is 13.0. The number of carbonyl (C=O) groups is 1. The third-order valence-corrected chi connectivity index (χ3v) is 8.15. The zero-order valence-electron chi connectivity index (χ0n) is 24.9. The Morgan fingerprint density at radius 2 is 1.82 bits per heavy atom. The summed E-state index contributed by atoms with van der Waals surface area (Å²) in [4.78, 5) is 27.8. The summed E-state index contributed by atoms with van der Waals surface area (Å²) in [5.74, 6) is 0.980. The Bertz CT molecular complexity index is 1690. The second kappa shape index (κ2) is 13.4. The summed E-state index contributed by atoms with van der Waals surface area (Å²) in [5.41, 5.74) is 1.46. The predicted molar refractivity (Wildman–Crippen MR) is 167 cm³/mol. The molecule has 2 aromatic heterocycles. The number of benzene rings is 2. The summed E-state index contributed by atoms with van der Waals surface area (Å²) >= 11 is 0. The van der Waals surface area contributed by atoms with Gasteiger partial charge < -0.3 is 19.7 Å². The van der Waals surface area contributed by atoms with E-state index in [1.54, 1.807) is 41.6 Å².